The van der Waals surface area contributed by atoms with Crippen LogP contribution >= 0.6 is 11.8 Å². The molecule has 21 heteroatoms. The quantitative estimate of drug-likeness (QED) is 0.0328. The van der Waals surface area contributed by atoms with E-state index in [-0.39, 0.29) is 73.1 Å². The second-order valence-corrected chi connectivity index (χ2v) is 18.4. The van der Waals surface area contributed by atoms with Crippen molar-refractivity contribution in [3.05, 3.63) is 54.6 Å². The van der Waals surface area contributed by atoms with Gasteiger partial charge in [0.05, 0.1) is 63.6 Å². The molecule has 0 spiro atoms. The normalized spacial score (nSPS) is 18.4. The molecule has 3 saturated heterocycles. The zero-order valence-electron chi connectivity index (χ0n) is 39.8. The molecule has 1 aromatic heterocycles. The average molecular weight is 986 g/mol. The fraction of sp³-hybridized carbons (Fsp3) is 0.646. The second-order valence-electron chi connectivity index (χ2n) is 17.1. The molecule has 382 valence electrons. The molecule has 5 rings (SSSR count). The molecule has 6 N–H and O–H groups in total. The maximum atomic E-state index is 14.7. The van der Waals surface area contributed by atoms with Crippen LogP contribution in [0.3, 0.4) is 0 Å². The highest BCUT2D eigenvalue weighted by Crippen LogP contribution is 2.33. The Morgan fingerprint density at radius 2 is 1.49 bits per heavy atom. The van der Waals surface area contributed by atoms with Gasteiger partial charge in [0, 0.05) is 88.0 Å². The van der Waals surface area contributed by atoms with Crippen molar-refractivity contribution in [3.8, 4) is 5.75 Å². The lowest BCUT2D eigenvalue weighted by molar-refractivity contribution is -0.128. The maximum Gasteiger partial charge on any atom is 0.315 e. The third kappa shape index (κ3) is 21.6. The zero-order chi connectivity index (χ0) is 48.9. The van der Waals surface area contributed by atoms with E-state index >= 15 is 0 Å². The third-order valence-corrected chi connectivity index (χ3v) is 13.2. The number of piperidine rings is 1. The Morgan fingerprint density at radius 3 is 2.22 bits per heavy atom. The van der Waals surface area contributed by atoms with Gasteiger partial charge in [-0.05, 0) is 75.5 Å². The molecule has 0 saturated carbocycles. The molecule has 0 unspecified atom stereocenters. The Balaban J connectivity index is 0.752. The molecule has 19 nitrogen and oxygen atoms in total. The molecule has 69 heavy (non-hydrogen) atoms. The summed E-state index contributed by atoms with van der Waals surface area (Å²) < 4.78 is 42.7. The lowest BCUT2D eigenvalue weighted by atomic mass is 9.93. The fourth-order valence-corrected chi connectivity index (χ4v) is 9.65. The summed E-state index contributed by atoms with van der Waals surface area (Å²) in [7, 11) is 0. The molecule has 6 amide bonds. The molecule has 4 heterocycles. The van der Waals surface area contributed by atoms with Crippen molar-refractivity contribution >= 4 is 53.1 Å². The van der Waals surface area contributed by atoms with Gasteiger partial charge in [-0.3, -0.25) is 19.2 Å². The van der Waals surface area contributed by atoms with Crippen molar-refractivity contribution in [1.82, 2.24) is 41.5 Å². The Hall–Kier alpha value is -5.09. The number of amides is 6. The minimum absolute atomic E-state index is 0.0588. The van der Waals surface area contributed by atoms with Crippen LogP contribution in [0.15, 0.2) is 43.1 Å². The van der Waals surface area contributed by atoms with Crippen LogP contribution in [0.5, 0.6) is 5.75 Å². The molecule has 0 aliphatic carbocycles. The number of benzene rings is 1. The van der Waals surface area contributed by atoms with Crippen molar-refractivity contribution in [2.24, 2.45) is 5.92 Å². The summed E-state index contributed by atoms with van der Waals surface area (Å²) in [5.41, 5.74) is 0.964. The molecule has 0 radical (unpaired) electrons. The van der Waals surface area contributed by atoms with Crippen LogP contribution < -0.4 is 36.6 Å². The number of anilines is 2. The lowest BCUT2D eigenvalue weighted by Gasteiger charge is -2.32. The highest BCUT2D eigenvalue weighted by atomic mass is 32.2. The first-order valence-corrected chi connectivity index (χ1v) is 25.4. The average Bonchev–Trinajstić information content (AvgIpc) is 3.91. The first-order valence-electron chi connectivity index (χ1n) is 24.4. The van der Waals surface area contributed by atoms with Gasteiger partial charge >= 0.3 is 6.03 Å². The van der Waals surface area contributed by atoms with Crippen LogP contribution in [0.1, 0.15) is 76.3 Å². The fourth-order valence-electron chi connectivity index (χ4n) is 8.11. The Kier molecular flexibility index (Phi) is 25.4. The molecule has 3 aliphatic heterocycles. The first kappa shape index (κ1) is 54.8. The predicted octanol–water partition coefficient (Wildman–Crippen LogP) is 3.80. The monoisotopic (exact) mass is 986 g/mol. The lowest BCUT2D eigenvalue weighted by Crippen LogP contribution is -2.39. The van der Waals surface area contributed by atoms with E-state index in [9.17, 15) is 28.4 Å². The van der Waals surface area contributed by atoms with Gasteiger partial charge in [-0.1, -0.05) is 19.1 Å². The number of thioether (sulfide) groups is 1. The number of halogens is 1. The molecule has 2 aromatic rings. The molecular formula is C48H72FN9O10S. The smallest absolute Gasteiger partial charge is 0.315 e. The van der Waals surface area contributed by atoms with E-state index in [2.05, 4.69) is 48.4 Å². The standard InChI is InChI=1S/C48H72FN9O10S/c1-2-45(62)58-20-7-10-35(33-58)30-39-38(49)32-53-47(55-39)54-36-11-5-12-37(31-36)68-29-28-66-23-19-52-44(61)16-6-15-43(60)51-18-9-22-65-25-27-67-26-24-64-21-8-17-50-42(59)14-4-3-13-41-46-40(34-69-41)56-48(63)57-46/h2,5,11-12,31-32,35,40-41,46H,1,3-4,6-10,13-30,33-34H2,(H,50,59)(H,51,60)(H,52,61)(H,53,54,55)(H2,56,57,63)/t35-,40+,41+,46+/m1/s1. The summed E-state index contributed by atoms with van der Waals surface area (Å²) in [6.07, 6.45) is 10.2. The van der Waals surface area contributed by atoms with Gasteiger partial charge in [0.2, 0.25) is 29.6 Å². The number of nitrogens with zero attached hydrogens (tertiary/aromatic N) is 3. The van der Waals surface area contributed by atoms with Crippen molar-refractivity contribution in [1.29, 1.82) is 0 Å². The Morgan fingerprint density at radius 1 is 0.826 bits per heavy atom. The van der Waals surface area contributed by atoms with E-state index in [0.29, 0.717) is 134 Å². The minimum Gasteiger partial charge on any atom is -0.491 e. The van der Waals surface area contributed by atoms with E-state index in [1.165, 1.54) is 6.08 Å². The second kappa shape index (κ2) is 31.9. The van der Waals surface area contributed by atoms with E-state index in [0.717, 1.165) is 50.5 Å². The van der Waals surface area contributed by atoms with E-state index in [1.807, 2.05) is 23.9 Å². The largest absolute Gasteiger partial charge is 0.491 e. The van der Waals surface area contributed by atoms with Crippen LogP contribution in [-0.2, 0) is 44.5 Å². The molecule has 4 atom stereocenters. The van der Waals surface area contributed by atoms with Crippen molar-refractivity contribution < 1.29 is 52.0 Å². The van der Waals surface area contributed by atoms with E-state index in [4.69, 9.17) is 23.7 Å². The van der Waals surface area contributed by atoms with Crippen molar-refractivity contribution in [2.45, 2.75) is 94.4 Å². The third-order valence-electron chi connectivity index (χ3n) is 11.7. The number of unbranched alkanes of at least 4 members (excludes halogenated alkanes) is 1. The van der Waals surface area contributed by atoms with Gasteiger partial charge in [0.25, 0.3) is 0 Å². The molecular weight excluding hydrogens is 914 g/mol. The van der Waals surface area contributed by atoms with Gasteiger partial charge in [0.15, 0.2) is 5.82 Å². The first-order chi connectivity index (χ1) is 33.7. The van der Waals surface area contributed by atoms with E-state index < -0.39 is 5.82 Å². The Labute approximate surface area is 409 Å². The molecule has 3 aliphatic rings. The summed E-state index contributed by atoms with van der Waals surface area (Å²) >= 11 is 1.90. The molecule has 1 aromatic carbocycles. The topological polar surface area (TPSA) is 233 Å². The summed E-state index contributed by atoms with van der Waals surface area (Å²) in [4.78, 5) is 70.3. The van der Waals surface area contributed by atoms with Crippen LogP contribution in [-0.4, -0.2) is 160 Å². The van der Waals surface area contributed by atoms with Crippen LogP contribution in [0.4, 0.5) is 20.8 Å². The minimum atomic E-state index is -0.483. The van der Waals surface area contributed by atoms with Gasteiger partial charge in [-0.2, -0.15) is 11.8 Å². The van der Waals surface area contributed by atoms with Crippen LogP contribution in [0, 0.1) is 11.7 Å². The summed E-state index contributed by atoms with van der Waals surface area (Å²) in [6.45, 7) is 9.91. The summed E-state index contributed by atoms with van der Waals surface area (Å²) in [5, 5.41) is 18.1. The number of nitrogens with one attached hydrogen (secondary N) is 6. The van der Waals surface area contributed by atoms with Crippen LogP contribution in [0.2, 0.25) is 0 Å². The van der Waals surface area contributed by atoms with E-state index in [1.54, 1.807) is 17.0 Å². The SMILES string of the molecule is C=CC(=O)N1CCC[C@H](Cc2nc(Nc3cccc(OCCOCCNC(=O)CCCC(=O)NCCCOCCOCCOCCCNC(=O)CCCC[C@@H]4SC[C@@H]5NC(=O)N[C@@H]54)c3)ncc2F)C1. The van der Waals surface area contributed by atoms with Gasteiger partial charge in [0.1, 0.15) is 12.4 Å². The van der Waals surface area contributed by atoms with Crippen molar-refractivity contribution in [2.75, 3.05) is 103 Å². The number of hydrogen-bond acceptors (Lipinski definition) is 14. The number of likely N-dealkylation sites (tertiary alicyclic amines) is 1. The van der Waals surface area contributed by atoms with Crippen LogP contribution in [0.25, 0.3) is 0 Å². The maximum absolute atomic E-state index is 14.7. The number of fused-ring (bicyclic) bond motifs is 1. The molecule has 0 bridgehead atoms. The number of urea groups is 1. The van der Waals surface area contributed by atoms with Gasteiger partial charge in [-0.25, -0.2) is 19.2 Å². The number of ether oxygens (including phenoxy) is 5. The summed E-state index contributed by atoms with van der Waals surface area (Å²) in [5.74, 6) is 1.09. The highest BCUT2D eigenvalue weighted by Gasteiger charge is 2.42. The summed E-state index contributed by atoms with van der Waals surface area (Å²) in [6, 6.07) is 7.59. The number of hydrogen-bond donors (Lipinski definition) is 6. The zero-order valence-corrected chi connectivity index (χ0v) is 40.6. The number of carbonyl (C=O) groups is 5. The predicted molar refractivity (Wildman–Crippen MR) is 260 cm³/mol. The number of rotatable bonds is 35. The number of carbonyl (C=O) groups excluding carboxylic acids is 5. The number of aromatic nitrogens is 2. The highest BCUT2D eigenvalue weighted by molar-refractivity contribution is 8.00. The Bertz CT molecular complexity index is 1920. The van der Waals surface area contributed by atoms with Gasteiger partial charge < -0.3 is 60.5 Å². The molecule has 3 fully saturated rings. The van der Waals surface area contributed by atoms with Gasteiger partial charge in [-0.15, -0.1) is 0 Å². The van der Waals surface area contributed by atoms with Crippen molar-refractivity contribution in [3.63, 3.8) is 0 Å².